The van der Waals surface area contributed by atoms with Crippen molar-refractivity contribution in [2.45, 2.75) is 12.6 Å². The summed E-state index contributed by atoms with van der Waals surface area (Å²) in [5.41, 5.74) is 1.56. The van der Waals surface area contributed by atoms with Gasteiger partial charge < -0.3 is 15.7 Å². The number of carbonyl (C=O) groups is 2. The highest BCUT2D eigenvalue weighted by Crippen LogP contribution is 2.03. The topological polar surface area (TPSA) is 78.4 Å². The Hall–Kier alpha value is -2.99. The van der Waals surface area contributed by atoms with Crippen molar-refractivity contribution in [1.82, 2.24) is 10.6 Å². The zero-order valence-corrected chi connectivity index (χ0v) is 13.5. The molecule has 0 aromatic heterocycles. The first-order valence-electron chi connectivity index (χ1n) is 7.75. The van der Waals surface area contributed by atoms with Crippen LogP contribution >= 0.6 is 0 Å². The number of aliphatic hydroxyl groups is 1. The number of rotatable bonds is 7. The van der Waals surface area contributed by atoms with E-state index in [2.05, 4.69) is 10.6 Å². The molecule has 0 radical (unpaired) electrons. The first-order chi connectivity index (χ1) is 12.1. The van der Waals surface area contributed by atoms with Gasteiger partial charge in [0, 0.05) is 12.6 Å². The minimum atomic E-state index is -1.06. The molecule has 0 spiro atoms. The third-order valence-electron chi connectivity index (χ3n) is 3.42. The molecule has 0 heterocycles. The number of amides is 2. The average Bonchev–Trinajstić information content (AvgIpc) is 2.64. The molecule has 25 heavy (non-hydrogen) atoms. The molecule has 0 bridgehead atoms. The van der Waals surface area contributed by atoms with Crippen LogP contribution in [0.5, 0.6) is 0 Å². The van der Waals surface area contributed by atoms with Crippen LogP contribution < -0.4 is 10.6 Å². The van der Waals surface area contributed by atoms with Gasteiger partial charge in [0.15, 0.2) is 0 Å². The molecule has 0 unspecified atom stereocenters. The predicted molar refractivity (Wildman–Crippen MR) is 92.7 cm³/mol. The summed E-state index contributed by atoms with van der Waals surface area (Å²) in [7, 11) is 0. The molecule has 5 nitrogen and oxygen atoms in total. The molecule has 6 heteroatoms. The summed E-state index contributed by atoms with van der Waals surface area (Å²) < 4.78 is 12.8. The lowest BCUT2D eigenvalue weighted by molar-refractivity contribution is -0.128. The van der Waals surface area contributed by atoms with Crippen LogP contribution in [0.25, 0.3) is 6.08 Å². The number of benzene rings is 2. The second-order valence-electron chi connectivity index (χ2n) is 5.33. The summed E-state index contributed by atoms with van der Waals surface area (Å²) in [5, 5.41) is 14.3. The van der Waals surface area contributed by atoms with Gasteiger partial charge in [-0.1, -0.05) is 42.5 Å². The summed E-state index contributed by atoms with van der Waals surface area (Å²) in [6, 6.07) is 13.8. The molecular weight excluding hydrogens is 323 g/mol. The van der Waals surface area contributed by atoms with Crippen molar-refractivity contribution in [1.29, 1.82) is 0 Å². The standard InChI is InChI=1S/C19H19FN2O3/c20-16-9-6-15(7-10-16)12-21-19(25)17(13-23)22-18(24)11-8-14-4-2-1-3-5-14/h1-11,17,23H,12-13H2,(H,21,25)(H,22,24)/t17-/m0/s1. The Bertz CT molecular complexity index is 730. The van der Waals surface area contributed by atoms with Crippen molar-refractivity contribution < 1.29 is 19.1 Å². The Labute approximate surface area is 145 Å². The first-order valence-corrected chi connectivity index (χ1v) is 7.75. The van der Waals surface area contributed by atoms with Gasteiger partial charge in [-0.15, -0.1) is 0 Å². The number of hydrogen-bond acceptors (Lipinski definition) is 3. The summed E-state index contributed by atoms with van der Waals surface area (Å²) >= 11 is 0. The van der Waals surface area contributed by atoms with Crippen LogP contribution in [0.2, 0.25) is 0 Å². The zero-order chi connectivity index (χ0) is 18.1. The fourth-order valence-corrected chi connectivity index (χ4v) is 2.06. The second kappa shape index (κ2) is 9.34. The van der Waals surface area contributed by atoms with Crippen molar-refractivity contribution >= 4 is 17.9 Å². The van der Waals surface area contributed by atoms with Crippen molar-refractivity contribution in [3.05, 3.63) is 77.6 Å². The molecule has 3 N–H and O–H groups in total. The van der Waals surface area contributed by atoms with E-state index in [4.69, 9.17) is 0 Å². The lowest BCUT2D eigenvalue weighted by Gasteiger charge is -2.15. The SMILES string of the molecule is O=C(C=Cc1ccccc1)N[C@@H](CO)C(=O)NCc1ccc(F)cc1. The monoisotopic (exact) mass is 342 g/mol. The summed E-state index contributed by atoms with van der Waals surface area (Å²) in [4.78, 5) is 23.9. The van der Waals surface area contributed by atoms with Crippen LogP contribution in [-0.4, -0.2) is 29.6 Å². The molecule has 0 aliphatic heterocycles. The summed E-state index contributed by atoms with van der Waals surface area (Å²) in [5.74, 6) is -1.37. The van der Waals surface area contributed by atoms with Crippen molar-refractivity contribution in [3.63, 3.8) is 0 Å². The molecule has 0 fully saturated rings. The quantitative estimate of drug-likeness (QED) is 0.669. The Morgan fingerprint density at radius 1 is 1.08 bits per heavy atom. The van der Waals surface area contributed by atoms with E-state index in [1.165, 1.54) is 18.2 Å². The van der Waals surface area contributed by atoms with E-state index >= 15 is 0 Å². The number of aliphatic hydroxyl groups excluding tert-OH is 1. The van der Waals surface area contributed by atoms with Gasteiger partial charge in [0.25, 0.3) is 0 Å². The number of hydrogen-bond donors (Lipinski definition) is 3. The first kappa shape index (κ1) is 18.4. The van der Waals surface area contributed by atoms with Gasteiger partial charge in [-0.2, -0.15) is 0 Å². The lowest BCUT2D eigenvalue weighted by atomic mass is 10.2. The Morgan fingerprint density at radius 2 is 1.76 bits per heavy atom. The zero-order valence-electron chi connectivity index (χ0n) is 13.5. The highest BCUT2D eigenvalue weighted by atomic mass is 19.1. The molecule has 1 atom stereocenters. The van der Waals surface area contributed by atoms with Crippen LogP contribution in [-0.2, 0) is 16.1 Å². The Kier molecular flexibility index (Phi) is 6.86. The van der Waals surface area contributed by atoms with Crippen molar-refractivity contribution in [2.75, 3.05) is 6.61 Å². The molecule has 2 aromatic carbocycles. The second-order valence-corrected chi connectivity index (χ2v) is 5.33. The lowest BCUT2D eigenvalue weighted by Crippen LogP contribution is -2.48. The predicted octanol–water partition coefficient (Wildman–Crippen LogP) is 1.63. The maximum absolute atomic E-state index is 12.8. The molecule has 0 aliphatic rings. The van der Waals surface area contributed by atoms with Crippen molar-refractivity contribution in [3.8, 4) is 0 Å². The van der Waals surface area contributed by atoms with Crippen LogP contribution in [0, 0.1) is 5.82 Å². The highest BCUT2D eigenvalue weighted by Gasteiger charge is 2.18. The largest absolute Gasteiger partial charge is 0.394 e. The fourth-order valence-electron chi connectivity index (χ4n) is 2.06. The van der Waals surface area contributed by atoms with Gasteiger partial charge in [0.05, 0.1) is 6.61 Å². The van der Waals surface area contributed by atoms with E-state index in [1.54, 1.807) is 18.2 Å². The number of nitrogens with one attached hydrogen (secondary N) is 2. The smallest absolute Gasteiger partial charge is 0.245 e. The molecule has 2 rings (SSSR count). The molecule has 130 valence electrons. The van der Waals surface area contributed by atoms with Gasteiger partial charge in [0.2, 0.25) is 11.8 Å². The number of halogens is 1. The molecule has 0 saturated carbocycles. The average molecular weight is 342 g/mol. The van der Waals surface area contributed by atoms with Crippen LogP contribution in [0.4, 0.5) is 4.39 Å². The van der Waals surface area contributed by atoms with Crippen LogP contribution in [0.3, 0.4) is 0 Å². The van der Waals surface area contributed by atoms with Gasteiger partial charge in [-0.3, -0.25) is 9.59 Å². The van der Waals surface area contributed by atoms with E-state index in [0.29, 0.717) is 5.56 Å². The van der Waals surface area contributed by atoms with E-state index in [0.717, 1.165) is 5.56 Å². The summed E-state index contributed by atoms with van der Waals surface area (Å²) in [6.45, 7) is -0.356. The molecule has 0 saturated heterocycles. The van der Waals surface area contributed by atoms with Crippen LogP contribution in [0.1, 0.15) is 11.1 Å². The van der Waals surface area contributed by atoms with E-state index in [1.807, 2.05) is 30.3 Å². The Balaban J connectivity index is 1.85. The van der Waals surface area contributed by atoms with E-state index in [-0.39, 0.29) is 12.4 Å². The van der Waals surface area contributed by atoms with Gasteiger partial charge in [-0.05, 0) is 29.3 Å². The van der Waals surface area contributed by atoms with Gasteiger partial charge >= 0.3 is 0 Å². The van der Waals surface area contributed by atoms with Gasteiger partial charge in [-0.25, -0.2) is 4.39 Å². The maximum Gasteiger partial charge on any atom is 0.245 e. The van der Waals surface area contributed by atoms with Crippen LogP contribution in [0.15, 0.2) is 60.7 Å². The summed E-state index contributed by atoms with van der Waals surface area (Å²) in [6.07, 6.45) is 2.91. The molecule has 2 aromatic rings. The minimum Gasteiger partial charge on any atom is -0.394 e. The number of carbonyl (C=O) groups excluding carboxylic acids is 2. The maximum atomic E-state index is 12.8. The normalized spacial score (nSPS) is 11.9. The molecule has 0 aliphatic carbocycles. The fraction of sp³-hybridized carbons (Fsp3) is 0.158. The van der Waals surface area contributed by atoms with Crippen molar-refractivity contribution in [2.24, 2.45) is 0 Å². The Morgan fingerprint density at radius 3 is 2.40 bits per heavy atom. The molecule has 2 amide bonds. The van der Waals surface area contributed by atoms with Gasteiger partial charge in [0.1, 0.15) is 11.9 Å². The third kappa shape index (κ3) is 6.19. The highest BCUT2D eigenvalue weighted by molar-refractivity contribution is 5.95. The molecular formula is C19H19FN2O3. The van der Waals surface area contributed by atoms with E-state index in [9.17, 15) is 19.1 Å². The van der Waals surface area contributed by atoms with E-state index < -0.39 is 24.5 Å². The minimum absolute atomic E-state index is 0.172. The third-order valence-corrected chi connectivity index (χ3v) is 3.42.